The quantitative estimate of drug-likeness (QED) is 0.442. The Morgan fingerprint density at radius 1 is 1.29 bits per heavy atom. The topological polar surface area (TPSA) is 132 Å². The first-order chi connectivity index (χ1) is 11.5. The molecule has 1 aromatic carbocycles. The number of nitrogens with zero attached hydrogens (tertiary/aromatic N) is 2. The molecule has 24 heavy (non-hydrogen) atoms. The molecule has 126 valence electrons. The van der Waals surface area contributed by atoms with E-state index in [1.54, 1.807) is 0 Å². The van der Waals surface area contributed by atoms with E-state index in [9.17, 15) is 14.4 Å². The number of hydrogen-bond donors (Lipinski definition) is 4. The maximum absolute atomic E-state index is 11.6. The highest BCUT2D eigenvalue weighted by Gasteiger charge is 2.04. The van der Waals surface area contributed by atoms with E-state index in [2.05, 4.69) is 39.9 Å². The molecule has 0 saturated heterocycles. The van der Waals surface area contributed by atoms with Gasteiger partial charge in [-0.2, -0.15) is 5.10 Å². The molecule has 2 rings (SSSR count). The van der Waals surface area contributed by atoms with Gasteiger partial charge in [0.2, 0.25) is 5.82 Å². The zero-order chi connectivity index (χ0) is 17.5. The molecule has 0 aliphatic heterocycles. The molecule has 0 spiro atoms. The molecule has 0 atom stereocenters. The van der Waals surface area contributed by atoms with E-state index < -0.39 is 17.2 Å². The molecule has 4 N–H and O–H groups in total. The lowest BCUT2D eigenvalue weighted by Gasteiger charge is -2.04. The van der Waals surface area contributed by atoms with Crippen LogP contribution in [0.4, 0.5) is 5.82 Å². The molecule has 1 aromatic heterocycles. The molecular weight excluding hydrogens is 312 g/mol. The van der Waals surface area contributed by atoms with Crippen LogP contribution >= 0.6 is 0 Å². The van der Waals surface area contributed by atoms with Crippen molar-refractivity contribution in [1.82, 2.24) is 20.6 Å². The van der Waals surface area contributed by atoms with Gasteiger partial charge in [0.25, 0.3) is 11.5 Å². The smallest absolute Gasteiger partial charge is 0.342 e. The summed E-state index contributed by atoms with van der Waals surface area (Å²) in [6.45, 7) is 4.00. The van der Waals surface area contributed by atoms with Gasteiger partial charge in [0.05, 0.1) is 12.8 Å². The van der Waals surface area contributed by atoms with E-state index in [0.29, 0.717) is 5.92 Å². The fraction of sp³-hybridized carbons (Fsp3) is 0.267. The Balaban J connectivity index is 1.84. The highest BCUT2D eigenvalue weighted by molar-refractivity contribution is 5.84. The van der Waals surface area contributed by atoms with Crippen molar-refractivity contribution in [3.05, 3.63) is 56.2 Å². The number of hydrazone groups is 1. The molecule has 0 unspecified atom stereocenters. The molecule has 1 heterocycles. The number of hydrogen-bond acceptors (Lipinski definition) is 6. The molecule has 1 amide bonds. The molecule has 0 bridgehead atoms. The van der Waals surface area contributed by atoms with E-state index in [4.69, 9.17) is 0 Å². The van der Waals surface area contributed by atoms with Gasteiger partial charge in [-0.15, -0.1) is 5.10 Å². The Morgan fingerprint density at radius 2 is 2.00 bits per heavy atom. The van der Waals surface area contributed by atoms with E-state index in [1.165, 1.54) is 11.8 Å². The number of anilines is 1. The average molecular weight is 330 g/mol. The molecule has 0 aliphatic rings. The van der Waals surface area contributed by atoms with Crippen LogP contribution in [-0.2, 0) is 4.79 Å². The molecule has 9 nitrogen and oxygen atoms in total. The Hall–Kier alpha value is -3.23. The number of benzene rings is 1. The van der Waals surface area contributed by atoms with Crippen molar-refractivity contribution in [2.45, 2.75) is 19.8 Å². The minimum absolute atomic E-state index is 0.155. The third-order valence-electron chi connectivity index (χ3n) is 3.13. The van der Waals surface area contributed by atoms with Crippen molar-refractivity contribution >= 4 is 17.9 Å². The van der Waals surface area contributed by atoms with Gasteiger partial charge in [0.15, 0.2) is 0 Å². The van der Waals surface area contributed by atoms with Crippen LogP contribution in [-0.4, -0.2) is 33.8 Å². The number of aromatic amines is 2. The van der Waals surface area contributed by atoms with Crippen LogP contribution in [0.25, 0.3) is 0 Å². The van der Waals surface area contributed by atoms with Crippen LogP contribution in [0.15, 0.2) is 39.0 Å². The van der Waals surface area contributed by atoms with Gasteiger partial charge in [-0.05, 0) is 17.0 Å². The Bertz CT molecular complexity index is 835. The predicted molar refractivity (Wildman–Crippen MR) is 90.2 cm³/mol. The van der Waals surface area contributed by atoms with Crippen LogP contribution in [0.3, 0.4) is 0 Å². The Morgan fingerprint density at radius 3 is 2.62 bits per heavy atom. The molecule has 2 aromatic rings. The van der Waals surface area contributed by atoms with Crippen molar-refractivity contribution in [2.75, 3.05) is 11.9 Å². The Labute approximate surface area is 137 Å². The first kappa shape index (κ1) is 17.1. The number of carbonyl (C=O) groups excluding carboxylic acids is 1. The summed E-state index contributed by atoms with van der Waals surface area (Å²) in [6.07, 6.45) is 1.52. The third kappa shape index (κ3) is 4.90. The lowest BCUT2D eigenvalue weighted by atomic mass is 10.0. The second-order valence-electron chi connectivity index (χ2n) is 5.32. The summed E-state index contributed by atoms with van der Waals surface area (Å²) >= 11 is 0. The molecule has 0 aliphatic carbocycles. The van der Waals surface area contributed by atoms with Crippen molar-refractivity contribution < 1.29 is 4.79 Å². The summed E-state index contributed by atoms with van der Waals surface area (Å²) in [5, 5.41) is 11.9. The maximum atomic E-state index is 11.6. The van der Waals surface area contributed by atoms with E-state index in [1.807, 2.05) is 29.2 Å². The number of amides is 1. The van der Waals surface area contributed by atoms with Crippen LogP contribution in [0.1, 0.15) is 30.9 Å². The van der Waals surface area contributed by atoms with E-state index in [-0.39, 0.29) is 12.4 Å². The zero-order valence-corrected chi connectivity index (χ0v) is 13.3. The van der Waals surface area contributed by atoms with Gasteiger partial charge in [-0.25, -0.2) is 15.3 Å². The summed E-state index contributed by atoms with van der Waals surface area (Å²) in [7, 11) is 0. The average Bonchev–Trinajstić information content (AvgIpc) is 2.54. The second-order valence-corrected chi connectivity index (χ2v) is 5.32. The summed E-state index contributed by atoms with van der Waals surface area (Å²) in [6, 6.07) is 7.83. The van der Waals surface area contributed by atoms with Crippen molar-refractivity contribution in [3.63, 3.8) is 0 Å². The maximum Gasteiger partial charge on any atom is 0.342 e. The van der Waals surface area contributed by atoms with Crippen molar-refractivity contribution in [2.24, 2.45) is 5.10 Å². The SMILES string of the molecule is CC(C)c1ccc(/C=N\NC(=O)CNc2n[nH]c(=O)[nH]c2=O)cc1. The van der Waals surface area contributed by atoms with Gasteiger partial charge in [0.1, 0.15) is 0 Å². The van der Waals surface area contributed by atoms with Crippen LogP contribution in [0, 0.1) is 0 Å². The summed E-state index contributed by atoms with van der Waals surface area (Å²) in [4.78, 5) is 35.8. The van der Waals surface area contributed by atoms with Gasteiger partial charge >= 0.3 is 5.69 Å². The second kappa shape index (κ2) is 7.86. The largest absolute Gasteiger partial charge is 0.355 e. The van der Waals surface area contributed by atoms with Gasteiger partial charge in [-0.1, -0.05) is 38.1 Å². The highest BCUT2D eigenvalue weighted by atomic mass is 16.2. The third-order valence-corrected chi connectivity index (χ3v) is 3.13. The minimum Gasteiger partial charge on any atom is -0.355 e. The highest BCUT2D eigenvalue weighted by Crippen LogP contribution is 2.13. The molecule has 0 radical (unpaired) electrons. The standard InChI is InChI=1S/C15H18N6O3/c1-9(2)11-5-3-10(4-6-11)7-17-19-12(22)8-16-13-14(23)18-15(24)21-20-13/h3-7,9H,8H2,1-2H3,(H,16,20)(H,19,22)(H2,18,21,23,24)/b17-7-. The van der Waals surface area contributed by atoms with Crippen molar-refractivity contribution in [1.29, 1.82) is 0 Å². The number of aromatic nitrogens is 3. The van der Waals surface area contributed by atoms with Crippen molar-refractivity contribution in [3.8, 4) is 0 Å². The number of H-pyrrole nitrogens is 2. The molecule has 9 heteroatoms. The fourth-order valence-electron chi connectivity index (χ4n) is 1.82. The van der Waals surface area contributed by atoms with Gasteiger partial charge in [0, 0.05) is 0 Å². The van der Waals surface area contributed by atoms with Crippen LogP contribution in [0.2, 0.25) is 0 Å². The first-order valence-corrected chi connectivity index (χ1v) is 7.30. The summed E-state index contributed by atoms with van der Waals surface area (Å²) < 4.78 is 0. The molecular formula is C15H18N6O3. The van der Waals surface area contributed by atoms with Gasteiger partial charge in [-0.3, -0.25) is 14.6 Å². The number of rotatable bonds is 6. The normalized spacial score (nSPS) is 11.0. The summed E-state index contributed by atoms with van der Waals surface area (Å²) in [5.41, 5.74) is 2.97. The zero-order valence-electron chi connectivity index (χ0n) is 13.3. The van der Waals surface area contributed by atoms with Crippen LogP contribution in [0.5, 0.6) is 0 Å². The van der Waals surface area contributed by atoms with Gasteiger partial charge < -0.3 is 5.32 Å². The molecule has 0 fully saturated rings. The lowest BCUT2D eigenvalue weighted by Crippen LogP contribution is -2.31. The fourth-order valence-corrected chi connectivity index (χ4v) is 1.82. The number of nitrogens with one attached hydrogen (secondary N) is 4. The minimum atomic E-state index is -0.719. The number of carbonyl (C=O) groups is 1. The molecule has 0 saturated carbocycles. The Kier molecular flexibility index (Phi) is 5.61. The van der Waals surface area contributed by atoms with Crippen LogP contribution < -0.4 is 22.0 Å². The predicted octanol–water partition coefficient (Wildman–Crippen LogP) is 0.144. The first-order valence-electron chi connectivity index (χ1n) is 7.30. The van der Waals surface area contributed by atoms with E-state index >= 15 is 0 Å². The lowest BCUT2D eigenvalue weighted by molar-refractivity contribution is -0.119. The summed E-state index contributed by atoms with van der Waals surface area (Å²) in [5.74, 6) is -0.165. The van der Waals surface area contributed by atoms with E-state index in [0.717, 1.165) is 5.56 Å². The monoisotopic (exact) mass is 330 g/mol.